The van der Waals surface area contributed by atoms with Crippen LogP contribution in [0.25, 0.3) is 0 Å². The summed E-state index contributed by atoms with van der Waals surface area (Å²) in [5, 5.41) is 19.0. The summed E-state index contributed by atoms with van der Waals surface area (Å²) in [4.78, 5) is 11.7. The van der Waals surface area contributed by atoms with Crippen molar-refractivity contribution in [3.63, 3.8) is 0 Å². The van der Waals surface area contributed by atoms with Crippen LogP contribution in [0.2, 0.25) is 0 Å². The quantitative estimate of drug-likeness (QED) is 0.416. The van der Waals surface area contributed by atoms with Crippen molar-refractivity contribution in [2.45, 2.75) is 6.10 Å². The van der Waals surface area contributed by atoms with Crippen LogP contribution in [0.4, 0.5) is 17.8 Å². The molecule has 1 aromatic rings. The molecule has 0 radical (unpaired) electrons. The third-order valence-corrected chi connectivity index (χ3v) is 1.91. The molecule has 0 bridgehead atoms. The fraction of sp³-hybridized carbons (Fsp3) is 0.571. The first-order chi connectivity index (χ1) is 7.96. The van der Waals surface area contributed by atoms with Crippen LogP contribution < -0.4 is 16.4 Å². The standard InChI is InChI=1S/C7H14N6O4/c1-16-7(15,17-2)13(3-14)6-11-4(8)10-5(9)12-6/h14-15H,3H2,1-2H3,(H4,8,9,10,11,12). The van der Waals surface area contributed by atoms with Crippen molar-refractivity contribution < 1.29 is 19.7 Å². The van der Waals surface area contributed by atoms with E-state index in [0.29, 0.717) is 0 Å². The van der Waals surface area contributed by atoms with Crippen LogP contribution in [0, 0.1) is 0 Å². The maximum absolute atomic E-state index is 9.86. The number of hydrogen-bond donors (Lipinski definition) is 4. The number of aliphatic hydroxyl groups excluding tert-OH is 1. The van der Waals surface area contributed by atoms with Gasteiger partial charge in [0.15, 0.2) is 0 Å². The first kappa shape index (κ1) is 13.3. The molecule has 0 aliphatic heterocycles. The second kappa shape index (κ2) is 5.05. The molecule has 1 aromatic heterocycles. The molecular formula is C7H14N6O4. The number of rotatable bonds is 5. The van der Waals surface area contributed by atoms with Crippen molar-refractivity contribution in [1.29, 1.82) is 0 Å². The topological polar surface area (TPSA) is 153 Å². The first-order valence-corrected chi connectivity index (χ1v) is 4.45. The van der Waals surface area contributed by atoms with Gasteiger partial charge in [-0.05, 0) is 0 Å². The maximum Gasteiger partial charge on any atom is 0.378 e. The van der Waals surface area contributed by atoms with E-state index in [1.165, 1.54) is 14.2 Å². The van der Waals surface area contributed by atoms with E-state index < -0.39 is 12.8 Å². The van der Waals surface area contributed by atoms with Gasteiger partial charge in [0.05, 0.1) is 0 Å². The molecule has 0 aliphatic carbocycles. The predicted octanol–water partition coefficient (Wildman–Crippen LogP) is -2.31. The minimum Gasteiger partial charge on any atom is -0.376 e. The molecule has 0 atom stereocenters. The van der Waals surface area contributed by atoms with Crippen molar-refractivity contribution >= 4 is 17.8 Å². The molecule has 0 spiro atoms. The van der Waals surface area contributed by atoms with E-state index in [1.807, 2.05) is 0 Å². The number of aliphatic hydroxyl groups is 2. The Balaban J connectivity index is 3.17. The summed E-state index contributed by atoms with van der Waals surface area (Å²) in [6, 6.07) is 0. The van der Waals surface area contributed by atoms with Gasteiger partial charge in [0.2, 0.25) is 17.8 Å². The molecule has 96 valence electrons. The molecule has 0 unspecified atom stereocenters. The zero-order chi connectivity index (χ0) is 13.1. The molecule has 1 heterocycles. The fourth-order valence-corrected chi connectivity index (χ4v) is 1.10. The van der Waals surface area contributed by atoms with E-state index in [0.717, 1.165) is 4.90 Å². The zero-order valence-electron chi connectivity index (χ0n) is 9.36. The van der Waals surface area contributed by atoms with E-state index in [2.05, 4.69) is 15.0 Å². The van der Waals surface area contributed by atoms with Crippen molar-refractivity contribution in [3.8, 4) is 0 Å². The lowest BCUT2D eigenvalue weighted by atomic mass is 10.6. The van der Waals surface area contributed by atoms with Crippen LogP contribution in [0.3, 0.4) is 0 Å². The number of anilines is 3. The molecule has 17 heavy (non-hydrogen) atoms. The summed E-state index contributed by atoms with van der Waals surface area (Å²) < 4.78 is 9.38. The molecule has 0 fully saturated rings. The number of hydrogen-bond acceptors (Lipinski definition) is 10. The van der Waals surface area contributed by atoms with Crippen molar-refractivity contribution in [3.05, 3.63) is 0 Å². The number of nitrogen functional groups attached to an aromatic ring is 2. The second-order valence-electron chi connectivity index (χ2n) is 2.88. The molecule has 1 rings (SSSR count). The highest BCUT2D eigenvalue weighted by atomic mass is 16.8. The molecule has 10 heteroatoms. The normalized spacial score (nSPS) is 11.5. The fourth-order valence-electron chi connectivity index (χ4n) is 1.10. The molecule has 0 aromatic carbocycles. The second-order valence-corrected chi connectivity index (χ2v) is 2.88. The Hall–Kier alpha value is -1.75. The predicted molar refractivity (Wildman–Crippen MR) is 57.2 cm³/mol. The van der Waals surface area contributed by atoms with Gasteiger partial charge in [-0.25, -0.2) is 4.90 Å². The van der Waals surface area contributed by atoms with Gasteiger partial charge in [0.25, 0.3) is 0 Å². The highest BCUT2D eigenvalue weighted by Crippen LogP contribution is 2.20. The Morgan fingerprint density at radius 1 is 1.18 bits per heavy atom. The van der Waals surface area contributed by atoms with Crippen molar-refractivity contribution in [2.24, 2.45) is 0 Å². The number of methoxy groups -OCH3 is 2. The SMILES string of the molecule is COC(O)(OC)N(CO)c1nc(N)nc(N)n1. The van der Waals surface area contributed by atoms with Crippen LogP contribution in [0.15, 0.2) is 0 Å². The van der Waals surface area contributed by atoms with Crippen LogP contribution in [-0.2, 0) is 9.47 Å². The molecule has 0 saturated heterocycles. The number of nitrogens with zero attached hydrogens (tertiary/aromatic N) is 4. The van der Waals surface area contributed by atoms with E-state index in [-0.39, 0.29) is 17.8 Å². The lowest BCUT2D eigenvalue weighted by Crippen LogP contribution is -2.53. The molecule has 10 nitrogen and oxygen atoms in total. The van der Waals surface area contributed by atoms with E-state index in [4.69, 9.17) is 20.9 Å². The first-order valence-electron chi connectivity index (χ1n) is 4.45. The minimum absolute atomic E-state index is 0.166. The van der Waals surface area contributed by atoms with E-state index in [9.17, 15) is 10.2 Å². The van der Waals surface area contributed by atoms with Gasteiger partial charge < -0.3 is 31.2 Å². The van der Waals surface area contributed by atoms with Crippen LogP contribution in [0.1, 0.15) is 0 Å². The number of ether oxygens (including phenoxy) is 2. The molecule has 0 aliphatic rings. The molecule has 0 saturated carbocycles. The molecular weight excluding hydrogens is 232 g/mol. The summed E-state index contributed by atoms with van der Waals surface area (Å²) in [7, 11) is 2.33. The summed E-state index contributed by atoms with van der Waals surface area (Å²) in [6.07, 6.45) is -2.24. The van der Waals surface area contributed by atoms with Gasteiger partial charge in [-0.1, -0.05) is 0 Å². The smallest absolute Gasteiger partial charge is 0.376 e. The van der Waals surface area contributed by atoms with E-state index in [1.54, 1.807) is 0 Å². The molecule has 0 amide bonds. The third kappa shape index (κ3) is 2.68. The zero-order valence-corrected chi connectivity index (χ0v) is 9.36. The summed E-state index contributed by atoms with van der Waals surface area (Å²) in [6.45, 7) is -0.693. The van der Waals surface area contributed by atoms with Gasteiger partial charge in [-0.2, -0.15) is 15.0 Å². The van der Waals surface area contributed by atoms with Crippen LogP contribution >= 0.6 is 0 Å². The highest BCUT2D eigenvalue weighted by Gasteiger charge is 2.37. The average molecular weight is 246 g/mol. The number of nitrogens with two attached hydrogens (primary N) is 2. The largest absolute Gasteiger partial charge is 0.378 e. The summed E-state index contributed by atoms with van der Waals surface area (Å²) in [5.74, 6) is -0.523. The highest BCUT2D eigenvalue weighted by molar-refractivity contribution is 5.39. The monoisotopic (exact) mass is 246 g/mol. The van der Waals surface area contributed by atoms with E-state index >= 15 is 0 Å². The molecule has 6 N–H and O–H groups in total. The van der Waals surface area contributed by atoms with Gasteiger partial charge in [0, 0.05) is 14.2 Å². The maximum atomic E-state index is 9.86. The lowest BCUT2D eigenvalue weighted by Gasteiger charge is -2.34. The van der Waals surface area contributed by atoms with Crippen molar-refractivity contribution in [2.75, 3.05) is 37.3 Å². The Labute approximate surface area is 96.8 Å². The Morgan fingerprint density at radius 2 is 1.65 bits per heavy atom. The van der Waals surface area contributed by atoms with Gasteiger partial charge >= 0.3 is 6.10 Å². The van der Waals surface area contributed by atoms with Crippen LogP contribution in [0.5, 0.6) is 0 Å². The van der Waals surface area contributed by atoms with Gasteiger partial charge in [-0.3, -0.25) is 0 Å². The Morgan fingerprint density at radius 3 is 2.00 bits per heavy atom. The third-order valence-electron chi connectivity index (χ3n) is 1.91. The average Bonchev–Trinajstić information content (AvgIpc) is 2.28. The lowest BCUT2D eigenvalue weighted by molar-refractivity contribution is -0.342. The Bertz CT molecular complexity index is 364. The van der Waals surface area contributed by atoms with Crippen molar-refractivity contribution in [1.82, 2.24) is 15.0 Å². The minimum atomic E-state index is -2.24. The van der Waals surface area contributed by atoms with Gasteiger partial charge in [-0.15, -0.1) is 0 Å². The van der Waals surface area contributed by atoms with Crippen LogP contribution in [-0.4, -0.2) is 52.2 Å². The number of aromatic nitrogens is 3. The Kier molecular flexibility index (Phi) is 3.96. The summed E-state index contributed by atoms with van der Waals surface area (Å²) >= 11 is 0. The van der Waals surface area contributed by atoms with Gasteiger partial charge in [0.1, 0.15) is 6.73 Å². The summed E-state index contributed by atoms with van der Waals surface area (Å²) in [5.41, 5.74) is 10.7.